The largest absolute Gasteiger partial charge is 0.313 e. The molecule has 2 rings (SSSR count). The van der Waals surface area contributed by atoms with Gasteiger partial charge in [-0.2, -0.15) is 0 Å². The minimum atomic E-state index is -0.611. The molecule has 0 aliphatic heterocycles. The lowest BCUT2D eigenvalue weighted by atomic mass is 9.98. The van der Waals surface area contributed by atoms with Crippen molar-refractivity contribution < 1.29 is 13.2 Å². The summed E-state index contributed by atoms with van der Waals surface area (Å²) in [5.41, 5.74) is 0.620. The van der Waals surface area contributed by atoms with Crippen LogP contribution in [0.5, 0.6) is 0 Å². The molecule has 0 bridgehead atoms. The number of hydrogen-bond donors (Lipinski definition) is 1. The third kappa shape index (κ3) is 3.41. The van der Waals surface area contributed by atoms with Crippen LogP contribution in [0.4, 0.5) is 13.2 Å². The Hall–Kier alpha value is -1.33. The van der Waals surface area contributed by atoms with Crippen molar-refractivity contribution in [2.24, 2.45) is 0 Å². The van der Waals surface area contributed by atoms with Crippen LogP contribution in [0, 0.1) is 17.5 Å². The number of rotatable bonds is 4. The summed E-state index contributed by atoms with van der Waals surface area (Å²) in [6.45, 7) is 0. The average molecular weight is 344 g/mol. The molecule has 2 aromatic carbocycles. The summed E-state index contributed by atoms with van der Waals surface area (Å²) in [5, 5.41) is 2.87. The molecule has 0 aromatic heterocycles. The van der Waals surface area contributed by atoms with Gasteiger partial charge in [-0.25, -0.2) is 13.2 Å². The normalized spacial score (nSPS) is 12.4. The summed E-state index contributed by atoms with van der Waals surface area (Å²) in [5.74, 6) is -1.61. The highest BCUT2D eigenvalue weighted by atomic mass is 79.9. The minimum absolute atomic E-state index is 0.0321. The Morgan fingerprint density at radius 1 is 1.10 bits per heavy atom. The molecule has 0 spiro atoms. The van der Waals surface area contributed by atoms with E-state index in [2.05, 4.69) is 21.2 Å². The molecule has 0 amide bonds. The van der Waals surface area contributed by atoms with Gasteiger partial charge >= 0.3 is 0 Å². The molecule has 0 aliphatic carbocycles. The summed E-state index contributed by atoms with van der Waals surface area (Å²) in [4.78, 5) is 0. The fourth-order valence-corrected chi connectivity index (χ4v) is 2.67. The van der Waals surface area contributed by atoms with Crippen molar-refractivity contribution in [2.75, 3.05) is 7.05 Å². The molecule has 106 valence electrons. The van der Waals surface area contributed by atoms with E-state index in [0.717, 1.165) is 0 Å². The van der Waals surface area contributed by atoms with Crippen LogP contribution in [0.2, 0.25) is 0 Å². The number of benzene rings is 2. The average Bonchev–Trinajstić information content (AvgIpc) is 2.36. The van der Waals surface area contributed by atoms with Gasteiger partial charge in [-0.1, -0.05) is 22.0 Å². The molecule has 0 saturated carbocycles. The Morgan fingerprint density at radius 3 is 2.30 bits per heavy atom. The first kappa shape index (κ1) is 15.1. The van der Waals surface area contributed by atoms with Crippen LogP contribution in [-0.2, 0) is 6.42 Å². The maximum Gasteiger partial charge on any atom is 0.130 e. The highest BCUT2D eigenvalue weighted by Gasteiger charge is 2.19. The molecule has 5 heteroatoms. The van der Waals surface area contributed by atoms with Crippen LogP contribution in [0.3, 0.4) is 0 Å². The quantitative estimate of drug-likeness (QED) is 0.869. The van der Waals surface area contributed by atoms with Crippen molar-refractivity contribution in [1.29, 1.82) is 0 Å². The van der Waals surface area contributed by atoms with Crippen LogP contribution >= 0.6 is 15.9 Å². The fraction of sp³-hybridized carbons (Fsp3) is 0.200. The first-order valence-electron chi connectivity index (χ1n) is 6.07. The Kier molecular flexibility index (Phi) is 4.83. The summed E-state index contributed by atoms with van der Waals surface area (Å²) in [6.07, 6.45) is 0.282. The molecule has 1 N–H and O–H groups in total. The monoisotopic (exact) mass is 343 g/mol. The van der Waals surface area contributed by atoms with Gasteiger partial charge in [0.05, 0.1) is 0 Å². The van der Waals surface area contributed by atoms with E-state index < -0.39 is 23.5 Å². The molecule has 1 unspecified atom stereocenters. The lowest BCUT2D eigenvalue weighted by Gasteiger charge is -2.18. The summed E-state index contributed by atoms with van der Waals surface area (Å²) in [7, 11) is 1.62. The molecule has 1 atom stereocenters. The summed E-state index contributed by atoms with van der Waals surface area (Å²) < 4.78 is 41.5. The summed E-state index contributed by atoms with van der Waals surface area (Å²) >= 11 is 3.20. The van der Waals surface area contributed by atoms with Crippen LogP contribution in [-0.4, -0.2) is 7.05 Å². The van der Waals surface area contributed by atoms with E-state index in [1.807, 2.05) is 0 Å². The predicted molar refractivity (Wildman–Crippen MR) is 76.0 cm³/mol. The molecule has 0 saturated heterocycles. The minimum Gasteiger partial charge on any atom is -0.313 e. The predicted octanol–water partition coefficient (Wildman–Crippen LogP) is 4.37. The Balaban J connectivity index is 2.34. The van der Waals surface area contributed by atoms with E-state index in [9.17, 15) is 13.2 Å². The lowest BCUT2D eigenvalue weighted by Crippen LogP contribution is -2.21. The fourth-order valence-electron chi connectivity index (χ4n) is 2.16. The zero-order chi connectivity index (χ0) is 14.7. The van der Waals surface area contributed by atoms with Crippen molar-refractivity contribution in [3.05, 3.63) is 69.4 Å². The van der Waals surface area contributed by atoms with Gasteiger partial charge in [0.1, 0.15) is 17.5 Å². The van der Waals surface area contributed by atoms with E-state index in [0.29, 0.717) is 10.0 Å². The summed E-state index contributed by atoms with van der Waals surface area (Å²) in [6, 6.07) is 7.60. The van der Waals surface area contributed by atoms with Crippen LogP contribution in [0.15, 0.2) is 40.9 Å². The number of hydrogen-bond acceptors (Lipinski definition) is 1. The standard InChI is InChI=1S/C15H13BrF3N/c1-20-14(15-12(18)3-2-4-13(15)19)7-9-5-10(16)8-11(17)6-9/h2-6,8,14,20H,7H2,1H3. The zero-order valence-corrected chi connectivity index (χ0v) is 12.3. The van der Waals surface area contributed by atoms with Crippen molar-refractivity contribution >= 4 is 15.9 Å². The highest BCUT2D eigenvalue weighted by Crippen LogP contribution is 2.25. The number of halogens is 4. The molecular formula is C15H13BrF3N. The van der Waals surface area contributed by atoms with E-state index in [1.165, 1.54) is 30.3 Å². The van der Waals surface area contributed by atoms with Crippen molar-refractivity contribution in [1.82, 2.24) is 5.32 Å². The number of likely N-dealkylation sites (N-methyl/N-ethyl adjacent to an activating group) is 1. The molecular weight excluding hydrogens is 331 g/mol. The van der Waals surface area contributed by atoms with Crippen molar-refractivity contribution in [3.63, 3.8) is 0 Å². The third-order valence-corrected chi connectivity index (χ3v) is 3.52. The molecule has 0 aliphatic rings. The maximum absolute atomic E-state index is 13.8. The van der Waals surface area contributed by atoms with Crippen molar-refractivity contribution in [3.8, 4) is 0 Å². The van der Waals surface area contributed by atoms with Gasteiger partial charge in [-0.3, -0.25) is 0 Å². The van der Waals surface area contributed by atoms with E-state index in [-0.39, 0.29) is 12.0 Å². The highest BCUT2D eigenvalue weighted by molar-refractivity contribution is 9.10. The van der Waals surface area contributed by atoms with E-state index in [4.69, 9.17) is 0 Å². The molecule has 1 nitrogen and oxygen atoms in total. The van der Waals surface area contributed by atoms with E-state index >= 15 is 0 Å². The Labute approximate surface area is 123 Å². The first-order valence-corrected chi connectivity index (χ1v) is 6.86. The third-order valence-electron chi connectivity index (χ3n) is 3.06. The van der Waals surface area contributed by atoms with Crippen LogP contribution in [0.1, 0.15) is 17.2 Å². The van der Waals surface area contributed by atoms with Gasteiger partial charge in [0.15, 0.2) is 0 Å². The molecule has 0 radical (unpaired) electrons. The van der Waals surface area contributed by atoms with Crippen LogP contribution in [0.25, 0.3) is 0 Å². The first-order chi connectivity index (χ1) is 9.51. The Morgan fingerprint density at radius 2 is 1.75 bits per heavy atom. The van der Waals surface area contributed by atoms with Crippen LogP contribution < -0.4 is 5.32 Å². The van der Waals surface area contributed by atoms with E-state index in [1.54, 1.807) is 13.1 Å². The van der Waals surface area contributed by atoms with Crippen molar-refractivity contribution in [2.45, 2.75) is 12.5 Å². The van der Waals surface area contributed by atoms with Gasteiger partial charge in [0.25, 0.3) is 0 Å². The smallest absolute Gasteiger partial charge is 0.130 e. The van der Waals surface area contributed by atoms with Gasteiger partial charge in [-0.05, 0) is 49.4 Å². The molecule has 0 fully saturated rings. The zero-order valence-electron chi connectivity index (χ0n) is 10.8. The Bertz CT molecular complexity index is 576. The number of nitrogens with one attached hydrogen (secondary N) is 1. The maximum atomic E-state index is 13.8. The molecule has 2 aromatic rings. The van der Waals surface area contributed by atoms with Gasteiger partial charge < -0.3 is 5.32 Å². The molecule has 0 heterocycles. The topological polar surface area (TPSA) is 12.0 Å². The van der Waals surface area contributed by atoms with Gasteiger partial charge in [0.2, 0.25) is 0 Å². The van der Waals surface area contributed by atoms with Gasteiger partial charge in [0, 0.05) is 16.1 Å². The second-order valence-corrected chi connectivity index (χ2v) is 5.37. The SMILES string of the molecule is CNC(Cc1cc(F)cc(Br)c1)c1c(F)cccc1F. The van der Waals surface area contributed by atoms with Gasteiger partial charge in [-0.15, -0.1) is 0 Å². The molecule has 20 heavy (non-hydrogen) atoms. The second kappa shape index (κ2) is 6.41. The second-order valence-electron chi connectivity index (χ2n) is 4.46. The lowest BCUT2D eigenvalue weighted by molar-refractivity contribution is 0.488.